The lowest BCUT2D eigenvalue weighted by Crippen LogP contribution is -2.57. The van der Waals surface area contributed by atoms with Crippen molar-refractivity contribution in [2.45, 2.75) is 116 Å². The van der Waals surface area contributed by atoms with E-state index in [1.165, 1.54) is 0 Å². The van der Waals surface area contributed by atoms with Gasteiger partial charge in [0.2, 0.25) is 11.7 Å². The number of ether oxygens (including phenoxy) is 1. The molecule has 0 aromatic carbocycles. The average Bonchev–Trinajstić information content (AvgIpc) is 3.69. The Morgan fingerprint density at radius 2 is 1.68 bits per heavy atom. The zero-order valence-corrected chi connectivity index (χ0v) is 24.4. The normalized spacial score (nSPS) is 32.6. The minimum Gasteiger partial charge on any atom is -0.446 e. The average molecular weight is 558 g/mol. The van der Waals surface area contributed by atoms with Crippen molar-refractivity contribution in [3.8, 4) is 0 Å². The predicted molar refractivity (Wildman–Crippen MR) is 148 cm³/mol. The van der Waals surface area contributed by atoms with Gasteiger partial charge in [0.15, 0.2) is 5.78 Å². The minimum atomic E-state index is -1.00. The third-order valence-electron chi connectivity index (χ3n) is 10.9. The lowest BCUT2D eigenvalue weighted by molar-refractivity contribution is -0.144. The molecule has 1 unspecified atom stereocenters. The molecule has 9 nitrogen and oxygen atoms in total. The molecule has 0 aromatic heterocycles. The van der Waals surface area contributed by atoms with Gasteiger partial charge in [-0.15, -0.1) is 0 Å². The highest BCUT2D eigenvalue weighted by molar-refractivity contribution is 6.36. The smallest absolute Gasteiger partial charge is 0.408 e. The molecule has 4 saturated carbocycles. The molecule has 5 aliphatic rings. The van der Waals surface area contributed by atoms with Gasteiger partial charge in [-0.3, -0.25) is 19.2 Å². The van der Waals surface area contributed by atoms with Crippen LogP contribution < -0.4 is 11.1 Å². The van der Waals surface area contributed by atoms with Crippen molar-refractivity contribution in [1.82, 2.24) is 10.2 Å². The number of amides is 3. The van der Waals surface area contributed by atoms with E-state index in [1.807, 2.05) is 0 Å². The molecule has 1 heterocycles. The molecule has 40 heavy (non-hydrogen) atoms. The summed E-state index contributed by atoms with van der Waals surface area (Å²) in [6.07, 6.45) is 9.42. The molecule has 0 spiro atoms. The van der Waals surface area contributed by atoms with E-state index in [0.29, 0.717) is 24.8 Å². The summed E-state index contributed by atoms with van der Waals surface area (Å²) in [6.45, 7) is 6.79. The van der Waals surface area contributed by atoms with Gasteiger partial charge in [0.05, 0.1) is 6.04 Å². The number of fused-ring (bicyclic) bond motifs is 1. The highest BCUT2D eigenvalue weighted by Crippen LogP contribution is 2.65. The van der Waals surface area contributed by atoms with Crippen LogP contribution in [-0.2, 0) is 23.9 Å². The monoisotopic (exact) mass is 557 g/mol. The quantitative estimate of drug-likeness (QED) is 0.371. The Hall–Kier alpha value is -2.45. The Morgan fingerprint density at radius 3 is 2.27 bits per heavy atom. The van der Waals surface area contributed by atoms with Gasteiger partial charge in [0, 0.05) is 18.9 Å². The van der Waals surface area contributed by atoms with Crippen molar-refractivity contribution < 1.29 is 28.7 Å². The molecule has 1 saturated heterocycles. The van der Waals surface area contributed by atoms with Crippen molar-refractivity contribution in [3.05, 3.63) is 0 Å². The molecule has 7 atom stereocenters. The van der Waals surface area contributed by atoms with Crippen molar-refractivity contribution >= 4 is 29.5 Å². The summed E-state index contributed by atoms with van der Waals surface area (Å²) < 4.78 is 5.77. The summed E-state index contributed by atoms with van der Waals surface area (Å²) in [5.74, 6) is -1.96. The number of alkyl carbamates (subject to hydrolysis) is 1. The number of nitrogens with two attached hydrogens (primary N) is 1. The zero-order valence-electron chi connectivity index (χ0n) is 24.4. The van der Waals surface area contributed by atoms with E-state index in [-0.39, 0.29) is 47.4 Å². The van der Waals surface area contributed by atoms with Gasteiger partial charge in [-0.05, 0) is 73.5 Å². The number of primary amides is 1. The number of hydrogen-bond acceptors (Lipinski definition) is 6. The number of piperidine rings is 1. The first kappa shape index (κ1) is 29.1. The summed E-state index contributed by atoms with van der Waals surface area (Å²) in [5, 5.41) is 2.95. The number of carbonyl (C=O) groups is 5. The van der Waals surface area contributed by atoms with E-state index in [2.05, 4.69) is 26.1 Å². The lowest BCUT2D eigenvalue weighted by Gasteiger charge is -2.37. The summed E-state index contributed by atoms with van der Waals surface area (Å²) in [4.78, 5) is 67.3. The van der Waals surface area contributed by atoms with Gasteiger partial charge in [-0.2, -0.15) is 0 Å². The first-order chi connectivity index (χ1) is 19.0. The van der Waals surface area contributed by atoms with Crippen molar-refractivity contribution in [3.63, 3.8) is 0 Å². The summed E-state index contributed by atoms with van der Waals surface area (Å²) in [6, 6.07) is -1.40. The van der Waals surface area contributed by atoms with Crippen LogP contribution in [0.1, 0.15) is 97.8 Å². The minimum absolute atomic E-state index is 0.00505. The van der Waals surface area contributed by atoms with Crippen LogP contribution in [-0.4, -0.2) is 59.1 Å². The second-order valence-corrected chi connectivity index (χ2v) is 14.0. The molecule has 4 aliphatic carbocycles. The van der Waals surface area contributed by atoms with Crippen molar-refractivity contribution in [1.29, 1.82) is 0 Å². The molecule has 3 amide bonds. The first-order valence-corrected chi connectivity index (χ1v) is 15.6. The summed E-state index contributed by atoms with van der Waals surface area (Å²) in [5.41, 5.74) is 5.25. The van der Waals surface area contributed by atoms with Gasteiger partial charge in [0.1, 0.15) is 12.1 Å². The van der Waals surface area contributed by atoms with E-state index in [1.54, 1.807) is 4.90 Å². The molecule has 5 rings (SSSR count). The Kier molecular flexibility index (Phi) is 8.31. The number of rotatable bonds is 11. The Balaban J connectivity index is 1.34. The van der Waals surface area contributed by atoms with Crippen LogP contribution >= 0.6 is 0 Å². The fourth-order valence-electron chi connectivity index (χ4n) is 8.10. The van der Waals surface area contributed by atoms with Crippen LogP contribution in [0.4, 0.5) is 4.79 Å². The highest BCUT2D eigenvalue weighted by Gasteiger charge is 2.69. The number of likely N-dealkylation sites (tertiary alicyclic amines) is 1. The zero-order chi connectivity index (χ0) is 28.8. The first-order valence-electron chi connectivity index (χ1n) is 15.6. The van der Waals surface area contributed by atoms with Gasteiger partial charge in [-0.25, -0.2) is 4.79 Å². The van der Waals surface area contributed by atoms with Crippen LogP contribution in [0.15, 0.2) is 0 Å². The predicted octanol–water partition coefficient (Wildman–Crippen LogP) is 3.76. The van der Waals surface area contributed by atoms with Crippen LogP contribution in [0.3, 0.4) is 0 Å². The van der Waals surface area contributed by atoms with E-state index >= 15 is 0 Å². The van der Waals surface area contributed by atoms with E-state index in [9.17, 15) is 24.0 Å². The number of hydrogen-bond donors (Lipinski definition) is 2. The largest absolute Gasteiger partial charge is 0.446 e. The van der Waals surface area contributed by atoms with E-state index in [0.717, 1.165) is 64.2 Å². The topological polar surface area (TPSA) is 136 Å². The Morgan fingerprint density at radius 1 is 0.975 bits per heavy atom. The molecular weight excluding hydrogens is 510 g/mol. The van der Waals surface area contributed by atoms with Gasteiger partial charge in [0.25, 0.3) is 5.91 Å². The highest BCUT2D eigenvalue weighted by atomic mass is 16.6. The second kappa shape index (κ2) is 11.4. The number of Topliss-reactive ketones (excluding diaryl/α,β-unsaturated/α-hetero) is 2. The van der Waals surface area contributed by atoms with Crippen LogP contribution in [0.5, 0.6) is 0 Å². The third kappa shape index (κ3) is 5.94. The van der Waals surface area contributed by atoms with Crippen LogP contribution in [0.2, 0.25) is 0 Å². The van der Waals surface area contributed by atoms with Crippen LogP contribution in [0.25, 0.3) is 0 Å². The fourth-order valence-corrected chi connectivity index (χ4v) is 8.10. The SMILES string of the molecule is C[C@H]1CCC[C@@H]1OC(=O)N[C@H](C(=O)N1C[C@H]2[C@@H]([C@H]1C(=O)CC(CC1CC1)C(=O)C(N)=O)C2(C)C)C1CCCCC1. The number of carbonyl (C=O) groups excluding carboxylic acids is 5. The maximum Gasteiger partial charge on any atom is 0.408 e. The number of ketones is 2. The molecule has 0 radical (unpaired) electrons. The number of nitrogens with one attached hydrogen (secondary N) is 1. The molecule has 0 bridgehead atoms. The standard InChI is InChI=1S/C31H47N3O6/c1-17-8-7-11-23(17)40-30(39)33-25(19-9-5-4-6-10-19)29(38)34-16-21-24(31(21,2)3)26(34)22(35)15-20(14-18-12-13-18)27(36)28(32)37/h17-21,23-26H,4-16H2,1-3H3,(H2,32,37)(H,33,39)/t17-,20?,21-,23-,24-,25-,26+/m0/s1. The second-order valence-electron chi connectivity index (χ2n) is 14.0. The number of nitrogens with zero attached hydrogens (tertiary/aromatic N) is 1. The molecule has 0 aromatic rings. The fraction of sp³-hybridized carbons (Fsp3) is 0.839. The van der Waals surface area contributed by atoms with E-state index < -0.39 is 35.8 Å². The van der Waals surface area contributed by atoms with Crippen molar-refractivity contribution in [2.24, 2.45) is 46.7 Å². The Labute approximate surface area is 237 Å². The molecular formula is C31H47N3O6. The van der Waals surface area contributed by atoms with Crippen LogP contribution in [0, 0.1) is 40.9 Å². The van der Waals surface area contributed by atoms with Gasteiger partial charge < -0.3 is 20.7 Å². The molecule has 9 heteroatoms. The summed E-state index contributed by atoms with van der Waals surface area (Å²) in [7, 11) is 0. The van der Waals surface area contributed by atoms with Crippen molar-refractivity contribution in [2.75, 3.05) is 6.54 Å². The molecule has 3 N–H and O–H groups in total. The maximum absolute atomic E-state index is 14.3. The van der Waals surface area contributed by atoms with E-state index in [4.69, 9.17) is 10.5 Å². The summed E-state index contributed by atoms with van der Waals surface area (Å²) >= 11 is 0. The molecule has 1 aliphatic heterocycles. The maximum atomic E-state index is 14.3. The lowest BCUT2D eigenvalue weighted by atomic mass is 9.82. The van der Waals surface area contributed by atoms with Gasteiger partial charge >= 0.3 is 6.09 Å². The molecule has 222 valence electrons. The van der Waals surface area contributed by atoms with Gasteiger partial charge in [-0.1, -0.05) is 52.9 Å². The third-order valence-corrected chi connectivity index (χ3v) is 10.9. The molecule has 5 fully saturated rings. The Bertz CT molecular complexity index is 1030.